The van der Waals surface area contributed by atoms with Crippen molar-refractivity contribution in [2.24, 2.45) is 11.3 Å². The lowest BCUT2D eigenvalue weighted by molar-refractivity contribution is -0.121. The van der Waals surface area contributed by atoms with Crippen molar-refractivity contribution < 1.29 is 23.9 Å². The normalized spacial score (nSPS) is 18.6. The number of nitrogens with one attached hydrogen (secondary N) is 1. The van der Waals surface area contributed by atoms with Gasteiger partial charge in [-0.15, -0.1) is 23.1 Å². The average molecular weight is 625 g/mol. The maximum atomic E-state index is 13.6. The summed E-state index contributed by atoms with van der Waals surface area (Å²) >= 11 is 8.59. The van der Waals surface area contributed by atoms with Crippen LogP contribution in [0.3, 0.4) is 0 Å². The van der Waals surface area contributed by atoms with E-state index in [0.717, 1.165) is 40.2 Å². The zero-order chi connectivity index (χ0) is 30.2. The summed E-state index contributed by atoms with van der Waals surface area (Å²) in [6.45, 7) is 6.65. The first-order valence-corrected chi connectivity index (χ1v) is 15.9. The molecule has 2 aliphatic rings. The molecule has 220 valence electrons. The Morgan fingerprint density at radius 3 is 2.40 bits per heavy atom. The topological polar surface area (TPSA) is 92.8 Å². The first-order valence-electron chi connectivity index (χ1n) is 13.8. The van der Waals surface area contributed by atoms with Gasteiger partial charge in [-0.2, -0.15) is 0 Å². The molecule has 7 nitrogen and oxygen atoms in total. The van der Waals surface area contributed by atoms with Gasteiger partial charge in [0.25, 0.3) is 0 Å². The molecule has 0 radical (unpaired) electrons. The molecule has 2 atom stereocenters. The van der Waals surface area contributed by atoms with Crippen molar-refractivity contribution in [1.82, 2.24) is 0 Å². The number of rotatable bonds is 7. The van der Waals surface area contributed by atoms with Crippen molar-refractivity contribution in [3.8, 4) is 0 Å². The Bertz CT molecular complexity index is 1530. The standard InChI is InChI=1S/C32H33ClN2O5S2/c1-32(2,3)19-7-14-23-24(16-19)42-30(28(23)31(39)40-4)35-27(37)17-25(29(35)38)41-22-12-10-21(11-13-22)34-26(36)15-18-5-8-20(33)9-6-18/h5-6,8-13,19,25H,7,14-17H2,1-4H3,(H,34,36). The lowest BCUT2D eigenvalue weighted by Crippen LogP contribution is -2.32. The number of ether oxygens (including phenoxy) is 1. The van der Waals surface area contributed by atoms with Crippen LogP contribution in [0.25, 0.3) is 0 Å². The molecule has 2 unspecified atom stereocenters. The number of carbonyl (C=O) groups excluding carboxylic acids is 4. The van der Waals surface area contributed by atoms with Crippen LogP contribution in [0.5, 0.6) is 0 Å². The quantitative estimate of drug-likeness (QED) is 0.226. The highest BCUT2D eigenvalue weighted by atomic mass is 35.5. The smallest absolute Gasteiger partial charge is 0.341 e. The summed E-state index contributed by atoms with van der Waals surface area (Å²) in [5.41, 5.74) is 2.87. The predicted octanol–water partition coefficient (Wildman–Crippen LogP) is 6.94. The molecular weight excluding hydrogens is 592 g/mol. The van der Waals surface area contributed by atoms with E-state index in [-0.39, 0.29) is 36.0 Å². The number of nitrogens with zero attached hydrogens (tertiary/aromatic N) is 1. The molecule has 1 aliphatic carbocycles. The Labute approximate surface area is 259 Å². The number of imide groups is 1. The molecule has 1 aromatic heterocycles. The summed E-state index contributed by atoms with van der Waals surface area (Å²) in [5.74, 6) is -0.873. The van der Waals surface area contributed by atoms with E-state index in [1.54, 1.807) is 24.3 Å². The molecule has 5 rings (SSSR count). The predicted molar refractivity (Wildman–Crippen MR) is 168 cm³/mol. The number of halogens is 1. The highest BCUT2D eigenvalue weighted by Gasteiger charge is 2.44. The van der Waals surface area contributed by atoms with Gasteiger partial charge in [-0.3, -0.25) is 14.4 Å². The molecule has 2 heterocycles. The molecule has 1 N–H and O–H groups in total. The molecule has 3 aromatic rings. The van der Waals surface area contributed by atoms with Gasteiger partial charge in [-0.05, 0) is 78.1 Å². The molecule has 42 heavy (non-hydrogen) atoms. The Kier molecular flexibility index (Phi) is 8.83. The van der Waals surface area contributed by atoms with Crippen LogP contribution in [-0.2, 0) is 38.4 Å². The Balaban J connectivity index is 1.28. The number of carbonyl (C=O) groups is 4. The second-order valence-electron chi connectivity index (χ2n) is 11.7. The molecular formula is C32H33ClN2O5S2. The van der Waals surface area contributed by atoms with Crippen LogP contribution >= 0.6 is 34.7 Å². The summed E-state index contributed by atoms with van der Waals surface area (Å²) in [5, 5.41) is 3.26. The minimum absolute atomic E-state index is 0.0386. The van der Waals surface area contributed by atoms with E-state index in [1.807, 2.05) is 24.3 Å². The third-order valence-corrected chi connectivity index (χ3v) is 10.6. The van der Waals surface area contributed by atoms with Crippen LogP contribution in [0.15, 0.2) is 53.4 Å². The lowest BCUT2D eigenvalue weighted by Gasteiger charge is -2.33. The minimum Gasteiger partial charge on any atom is -0.465 e. The van der Waals surface area contributed by atoms with Crippen molar-refractivity contribution in [2.75, 3.05) is 17.3 Å². The van der Waals surface area contributed by atoms with Crippen LogP contribution in [0, 0.1) is 11.3 Å². The zero-order valence-corrected chi connectivity index (χ0v) is 26.4. The van der Waals surface area contributed by atoms with Crippen LogP contribution in [0.1, 0.15) is 60.0 Å². The van der Waals surface area contributed by atoms with E-state index in [1.165, 1.54) is 35.1 Å². The van der Waals surface area contributed by atoms with Crippen molar-refractivity contribution in [3.63, 3.8) is 0 Å². The van der Waals surface area contributed by atoms with Crippen molar-refractivity contribution in [3.05, 3.63) is 75.1 Å². The molecule has 1 fully saturated rings. The molecule has 0 bridgehead atoms. The van der Waals surface area contributed by atoms with E-state index >= 15 is 0 Å². The molecule has 3 amide bonds. The maximum Gasteiger partial charge on any atom is 0.341 e. The number of thiophene rings is 1. The number of esters is 1. The van der Waals surface area contributed by atoms with E-state index in [9.17, 15) is 19.2 Å². The number of anilines is 2. The number of thioether (sulfide) groups is 1. The van der Waals surface area contributed by atoms with Gasteiger partial charge in [0.2, 0.25) is 17.7 Å². The van der Waals surface area contributed by atoms with Crippen LogP contribution < -0.4 is 10.2 Å². The van der Waals surface area contributed by atoms with Crippen LogP contribution in [-0.4, -0.2) is 36.1 Å². The molecule has 1 aliphatic heterocycles. The third kappa shape index (κ3) is 6.43. The maximum absolute atomic E-state index is 13.6. The van der Waals surface area contributed by atoms with Gasteiger partial charge < -0.3 is 10.1 Å². The van der Waals surface area contributed by atoms with Gasteiger partial charge in [0.05, 0.1) is 24.3 Å². The van der Waals surface area contributed by atoms with Crippen LogP contribution in [0.2, 0.25) is 5.02 Å². The van der Waals surface area contributed by atoms with E-state index in [4.69, 9.17) is 16.3 Å². The summed E-state index contributed by atoms with van der Waals surface area (Å²) in [7, 11) is 1.33. The number of fused-ring (bicyclic) bond motifs is 1. The van der Waals surface area contributed by atoms with E-state index in [0.29, 0.717) is 27.2 Å². The van der Waals surface area contributed by atoms with Gasteiger partial charge in [0, 0.05) is 26.9 Å². The number of hydrogen-bond donors (Lipinski definition) is 1. The van der Waals surface area contributed by atoms with E-state index in [2.05, 4.69) is 26.1 Å². The molecule has 1 saturated heterocycles. The number of methoxy groups -OCH3 is 1. The minimum atomic E-state index is -0.616. The van der Waals surface area contributed by atoms with Gasteiger partial charge in [0.15, 0.2) is 0 Å². The van der Waals surface area contributed by atoms with Gasteiger partial charge in [0.1, 0.15) is 5.00 Å². The second kappa shape index (κ2) is 12.2. The lowest BCUT2D eigenvalue weighted by atomic mass is 9.72. The van der Waals surface area contributed by atoms with Crippen LogP contribution in [0.4, 0.5) is 10.7 Å². The van der Waals surface area contributed by atoms with E-state index < -0.39 is 11.2 Å². The van der Waals surface area contributed by atoms with Crippen molar-refractivity contribution in [2.45, 2.75) is 63.0 Å². The SMILES string of the molecule is COC(=O)c1c(N2C(=O)CC(Sc3ccc(NC(=O)Cc4ccc(Cl)cc4)cc3)C2=O)sc2c1CCC(C(C)(C)C)C2. The second-order valence-corrected chi connectivity index (χ2v) is 14.5. The fraction of sp³-hybridized carbons (Fsp3) is 0.375. The monoisotopic (exact) mass is 624 g/mol. The van der Waals surface area contributed by atoms with Gasteiger partial charge in [-0.25, -0.2) is 9.69 Å². The largest absolute Gasteiger partial charge is 0.465 e. The average Bonchev–Trinajstić information content (AvgIpc) is 3.45. The Morgan fingerprint density at radius 2 is 1.76 bits per heavy atom. The zero-order valence-electron chi connectivity index (χ0n) is 24.0. The molecule has 10 heteroatoms. The highest BCUT2D eigenvalue weighted by molar-refractivity contribution is 8.00. The van der Waals surface area contributed by atoms with Crippen molar-refractivity contribution >= 4 is 69.1 Å². The van der Waals surface area contributed by atoms with Crippen molar-refractivity contribution in [1.29, 1.82) is 0 Å². The molecule has 2 aromatic carbocycles. The summed E-state index contributed by atoms with van der Waals surface area (Å²) < 4.78 is 5.10. The Morgan fingerprint density at radius 1 is 1.07 bits per heavy atom. The van der Waals surface area contributed by atoms with Gasteiger partial charge >= 0.3 is 5.97 Å². The fourth-order valence-electron chi connectivity index (χ4n) is 5.46. The summed E-state index contributed by atoms with van der Waals surface area (Å²) in [6, 6.07) is 14.3. The third-order valence-electron chi connectivity index (χ3n) is 7.86. The highest BCUT2D eigenvalue weighted by Crippen LogP contribution is 2.47. The summed E-state index contributed by atoms with van der Waals surface area (Å²) in [6.07, 6.45) is 2.73. The number of hydrogen-bond acceptors (Lipinski definition) is 7. The Hall–Kier alpha value is -3.14. The molecule has 0 saturated carbocycles. The molecule has 0 spiro atoms. The number of benzene rings is 2. The first kappa shape index (κ1) is 30.3. The first-order chi connectivity index (χ1) is 19.9. The summed E-state index contributed by atoms with van der Waals surface area (Å²) in [4.78, 5) is 55.2. The number of amides is 3. The fourth-order valence-corrected chi connectivity index (χ4v) is 8.08. The van der Waals surface area contributed by atoms with Gasteiger partial charge in [-0.1, -0.05) is 44.5 Å².